The molecule has 0 fully saturated rings. The zero-order chi connectivity index (χ0) is 19.1. The summed E-state index contributed by atoms with van der Waals surface area (Å²) in [6, 6.07) is 14.5. The van der Waals surface area contributed by atoms with Crippen molar-refractivity contribution in [1.29, 1.82) is 0 Å². The van der Waals surface area contributed by atoms with Gasteiger partial charge >= 0.3 is 0 Å². The lowest BCUT2D eigenvalue weighted by Gasteiger charge is -2.25. The molecule has 5 nitrogen and oxygen atoms in total. The van der Waals surface area contributed by atoms with Crippen molar-refractivity contribution in [3.63, 3.8) is 0 Å². The van der Waals surface area contributed by atoms with E-state index in [1.165, 1.54) is 11.1 Å². The predicted molar refractivity (Wildman–Crippen MR) is 105 cm³/mol. The van der Waals surface area contributed by atoms with Gasteiger partial charge in [0.1, 0.15) is 0 Å². The quantitative estimate of drug-likeness (QED) is 0.514. The van der Waals surface area contributed by atoms with Crippen LogP contribution in [0.2, 0.25) is 0 Å². The summed E-state index contributed by atoms with van der Waals surface area (Å²) in [4.78, 5) is 2.21. The number of aliphatic hydroxyl groups excluding tert-OH is 1. The van der Waals surface area contributed by atoms with Crippen LogP contribution < -0.4 is 9.47 Å². The van der Waals surface area contributed by atoms with Gasteiger partial charge in [-0.1, -0.05) is 42.0 Å². The number of ether oxygens (including phenoxy) is 3. The van der Waals surface area contributed by atoms with Crippen molar-refractivity contribution in [1.82, 2.24) is 4.90 Å². The Kier molecular flexibility index (Phi) is 6.87. The van der Waals surface area contributed by atoms with E-state index in [1.807, 2.05) is 18.2 Å². The zero-order valence-electron chi connectivity index (χ0n) is 15.8. The van der Waals surface area contributed by atoms with Crippen molar-refractivity contribution in [3.05, 3.63) is 71.8 Å². The molecule has 144 valence electrons. The Morgan fingerprint density at radius 2 is 1.81 bits per heavy atom. The molecule has 5 heteroatoms. The van der Waals surface area contributed by atoms with Crippen molar-refractivity contribution >= 4 is 0 Å². The average Bonchev–Trinajstić information content (AvgIpc) is 3.11. The molecule has 1 aliphatic heterocycles. The normalized spacial score (nSPS) is 13.7. The number of aliphatic hydroxyl groups is 1. The molecule has 0 spiro atoms. The first-order valence-corrected chi connectivity index (χ1v) is 9.17. The van der Waals surface area contributed by atoms with Crippen molar-refractivity contribution in [2.75, 3.05) is 26.6 Å². The van der Waals surface area contributed by atoms with Gasteiger partial charge in [0.25, 0.3) is 0 Å². The van der Waals surface area contributed by atoms with E-state index in [-0.39, 0.29) is 13.4 Å². The Bertz CT molecular complexity index is 744. The second-order valence-corrected chi connectivity index (χ2v) is 6.82. The maximum atomic E-state index is 10.4. The molecule has 27 heavy (non-hydrogen) atoms. The van der Waals surface area contributed by atoms with E-state index in [0.29, 0.717) is 19.7 Å². The van der Waals surface area contributed by atoms with Gasteiger partial charge in [0.2, 0.25) is 6.79 Å². The molecule has 0 saturated heterocycles. The van der Waals surface area contributed by atoms with Crippen LogP contribution in [0.5, 0.6) is 11.5 Å². The van der Waals surface area contributed by atoms with E-state index in [1.54, 1.807) is 6.08 Å². The van der Waals surface area contributed by atoms with Gasteiger partial charge < -0.3 is 19.3 Å². The molecule has 0 radical (unpaired) electrons. The summed E-state index contributed by atoms with van der Waals surface area (Å²) in [5.41, 5.74) is 3.56. The lowest BCUT2D eigenvalue weighted by molar-refractivity contribution is 0.0228. The van der Waals surface area contributed by atoms with Crippen molar-refractivity contribution in [3.8, 4) is 11.5 Å². The summed E-state index contributed by atoms with van der Waals surface area (Å²) >= 11 is 0. The molecule has 0 aromatic heterocycles. The van der Waals surface area contributed by atoms with E-state index in [9.17, 15) is 5.11 Å². The Labute approximate surface area is 160 Å². The van der Waals surface area contributed by atoms with Crippen molar-refractivity contribution < 1.29 is 19.3 Å². The largest absolute Gasteiger partial charge is 0.454 e. The second kappa shape index (κ2) is 9.55. The summed E-state index contributed by atoms with van der Waals surface area (Å²) in [6.45, 7) is 8.66. The van der Waals surface area contributed by atoms with Crippen LogP contribution in [0.4, 0.5) is 0 Å². The smallest absolute Gasteiger partial charge is 0.231 e. The van der Waals surface area contributed by atoms with Gasteiger partial charge in [0.05, 0.1) is 19.3 Å². The first-order valence-electron chi connectivity index (χ1n) is 9.17. The molecule has 1 aliphatic rings. The van der Waals surface area contributed by atoms with Gasteiger partial charge in [-0.3, -0.25) is 4.90 Å². The molecule has 1 N–H and O–H groups in total. The summed E-state index contributed by atoms with van der Waals surface area (Å²) < 4.78 is 16.3. The molecule has 1 heterocycles. The van der Waals surface area contributed by atoms with Crippen molar-refractivity contribution in [2.45, 2.75) is 26.1 Å². The molecule has 2 aromatic rings. The van der Waals surface area contributed by atoms with E-state index in [2.05, 4.69) is 42.7 Å². The van der Waals surface area contributed by atoms with Crippen LogP contribution >= 0.6 is 0 Å². The monoisotopic (exact) mass is 369 g/mol. The first kappa shape index (κ1) is 19.4. The van der Waals surface area contributed by atoms with Crippen LogP contribution in [0.15, 0.2) is 55.1 Å². The molecule has 0 saturated carbocycles. The Hall–Kier alpha value is -2.34. The predicted octanol–water partition coefficient (Wildman–Crippen LogP) is 3.29. The van der Waals surface area contributed by atoms with Crippen LogP contribution in [0.1, 0.15) is 16.7 Å². The highest BCUT2D eigenvalue weighted by Gasteiger charge is 2.17. The van der Waals surface area contributed by atoms with Crippen LogP contribution in [-0.4, -0.2) is 42.7 Å². The number of benzene rings is 2. The lowest BCUT2D eigenvalue weighted by Crippen LogP contribution is -2.34. The van der Waals surface area contributed by atoms with Crippen LogP contribution in [0.25, 0.3) is 0 Å². The average molecular weight is 369 g/mol. The number of hydrogen-bond donors (Lipinski definition) is 1. The summed E-state index contributed by atoms with van der Waals surface area (Å²) in [6.07, 6.45) is 1.12. The molecular formula is C22H27NO4. The second-order valence-electron chi connectivity index (χ2n) is 6.82. The minimum atomic E-state index is -0.565. The number of nitrogens with zero attached hydrogens (tertiary/aromatic N) is 1. The molecule has 2 aromatic carbocycles. The third-order valence-corrected chi connectivity index (χ3v) is 4.38. The van der Waals surface area contributed by atoms with Crippen LogP contribution in [0.3, 0.4) is 0 Å². The number of hydrogen-bond acceptors (Lipinski definition) is 5. The summed E-state index contributed by atoms with van der Waals surface area (Å²) in [5, 5.41) is 10.4. The van der Waals surface area contributed by atoms with Crippen molar-refractivity contribution in [2.24, 2.45) is 0 Å². The Morgan fingerprint density at radius 1 is 1.11 bits per heavy atom. The third-order valence-electron chi connectivity index (χ3n) is 4.38. The minimum Gasteiger partial charge on any atom is -0.454 e. The highest BCUT2D eigenvalue weighted by molar-refractivity contribution is 5.44. The van der Waals surface area contributed by atoms with E-state index in [4.69, 9.17) is 14.2 Å². The molecule has 1 atom stereocenters. The maximum absolute atomic E-state index is 10.4. The van der Waals surface area contributed by atoms with E-state index < -0.39 is 6.10 Å². The van der Waals surface area contributed by atoms with Gasteiger partial charge in [-0.25, -0.2) is 0 Å². The lowest BCUT2D eigenvalue weighted by atomic mass is 10.1. The topological polar surface area (TPSA) is 51.2 Å². The van der Waals surface area contributed by atoms with Gasteiger partial charge in [-0.05, 0) is 30.2 Å². The van der Waals surface area contributed by atoms with Crippen LogP contribution in [0, 0.1) is 6.92 Å². The molecule has 0 bridgehead atoms. The molecule has 0 amide bonds. The fourth-order valence-electron chi connectivity index (χ4n) is 3.07. The minimum absolute atomic E-state index is 0.269. The summed E-state index contributed by atoms with van der Waals surface area (Å²) in [5.74, 6) is 1.55. The highest BCUT2D eigenvalue weighted by atomic mass is 16.7. The maximum Gasteiger partial charge on any atom is 0.231 e. The Morgan fingerprint density at radius 3 is 2.59 bits per heavy atom. The van der Waals surface area contributed by atoms with E-state index >= 15 is 0 Å². The van der Waals surface area contributed by atoms with Gasteiger partial charge in [-0.2, -0.15) is 0 Å². The highest BCUT2D eigenvalue weighted by Crippen LogP contribution is 2.32. The summed E-state index contributed by atoms with van der Waals surface area (Å²) in [7, 11) is 0. The molecule has 1 unspecified atom stereocenters. The molecular weight excluding hydrogens is 342 g/mol. The number of aryl methyl sites for hydroxylation is 1. The van der Waals surface area contributed by atoms with Gasteiger partial charge in [-0.15, -0.1) is 6.58 Å². The first-order chi connectivity index (χ1) is 13.1. The van der Waals surface area contributed by atoms with Gasteiger partial charge in [0.15, 0.2) is 11.5 Å². The fraction of sp³-hybridized carbons (Fsp3) is 0.364. The zero-order valence-corrected chi connectivity index (χ0v) is 15.8. The SMILES string of the molecule is C=CCOCC(O)CN(Cc1ccc(C)cc1)Cc1ccc2c(c1)OCO2. The number of fused-ring (bicyclic) bond motifs is 1. The third kappa shape index (κ3) is 5.82. The van der Waals surface area contributed by atoms with Crippen LogP contribution in [-0.2, 0) is 17.8 Å². The molecule has 3 rings (SSSR count). The standard InChI is InChI=1S/C22H27NO4/c1-3-10-25-15-20(24)14-23(12-18-6-4-17(2)5-7-18)13-19-8-9-21-22(11-19)27-16-26-21/h3-9,11,20,24H,1,10,12-16H2,2H3. The van der Waals surface area contributed by atoms with E-state index in [0.717, 1.165) is 23.6 Å². The molecule has 0 aliphatic carbocycles. The fourth-order valence-corrected chi connectivity index (χ4v) is 3.07. The number of rotatable bonds is 10. The Balaban J connectivity index is 1.68. The van der Waals surface area contributed by atoms with Gasteiger partial charge in [0, 0.05) is 19.6 Å².